The van der Waals surface area contributed by atoms with Crippen molar-refractivity contribution in [2.45, 2.75) is 33.3 Å². The van der Waals surface area contributed by atoms with E-state index in [-0.39, 0.29) is 17.1 Å². The Morgan fingerprint density at radius 2 is 1.75 bits per heavy atom. The number of benzene rings is 2. The molecule has 5 heteroatoms. The van der Waals surface area contributed by atoms with E-state index < -0.39 is 0 Å². The lowest BCUT2D eigenvalue weighted by Gasteiger charge is -2.13. The van der Waals surface area contributed by atoms with Crippen LogP contribution in [0.3, 0.4) is 0 Å². The number of anilines is 1. The number of thiocarbonyl (C=S) groups is 1. The van der Waals surface area contributed by atoms with Gasteiger partial charge in [-0.15, -0.1) is 0 Å². The number of rotatable bonds is 5. The van der Waals surface area contributed by atoms with Crippen LogP contribution in [-0.2, 0) is 0 Å². The van der Waals surface area contributed by atoms with Crippen LogP contribution in [0, 0.1) is 6.92 Å². The van der Waals surface area contributed by atoms with E-state index in [1.54, 1.807) is 24.3 Å². The molecule has 24 heavy (non-hydrogen) atoms. The van der Waals surface area contributed by atoms with Gasteiger partial charge in [0.1, 0.15) is 5.75 Å². The molecule has 2 rings (SSSR count). The standard InChI is InChI=1S/C19H22N2O2S/c1-4-14(3)23-17-11-7-15(8-12-17)18(22)21-19(24)20-16-9-5-13(2)6-10-16/h5-12,14H,4H2,1-3H3,(H2,20,21,22,24). The van der Waals surface area contributed by atoms with E-state index in [2.05, 4.69) is 17.6 Å². The summed E-state index contributed by atoms with van der Waals surface area (Å²) in [6.45, 7) is 6.09. The van der Waals surface area contributed by atoms with E-state index in [9.17, 15) is 4.79 Å². The molecule has 0 saturated carbocycles. The Kier molecular flexibility index (Phi) is 6.32. The lowest BCUT2D eigenvalue weighted by Crippen LogP contribution is -2.34. The summed E-state index contributed by atoms with van der Waals surface area (Å²) in [7, 11) is 0. The number of aryl methyl sites for hydroxylation is 1. The number of carbonyl (C=O) groups is 1. The van der Waals surface area contributed by atoms with Crippen molar-refractivity contribution in [2.75, 3.05) is 5.32 Å². The second kappa shape index (κ2) is 8.45. The Morgan fingerprint density at radius 3 is 2.33 bits per heavy atom. The number of nitrogens with one attached hydrogen (secondary N) is 2. The summed E-state index contributed by atoms with van der Waals surface area (Å²) in [5.74, 6) is 0.496. The first-order valence-electron chi connectivity index (χ1n) is 7.93. The van der Waals surface area contributed by atoms with Crippen molar-refractivity contribution in [1.29, 1.82) is 0 Å². The fourth-order valence-electron chi connectivity index (χ4n) is 1.98. The largest absolute Gasteiger partial charge is 0.491 e. The molecule has 2 N–H and O–H groups in total. The van der Waals surface area contributed by atoms with Crippen molar-refractivity contribution >= 4 is 28.9 Å². The number of hydrogen-bond donors (Lipinski definition) is 2. The number of carbonyl (C=O) groups excluding carboxylic acids is 1. The lowest BCUT2D eigenvalue weighted by molar-refractivity contribution is 0.0977. The van der Waals surface area contributed by atoms with Gasteiger partial charge in [-0.1, -0.05) is 24.6 Å². The minimum Gasteiger partial charge on any atom is -0.491 e. The topological polar surface area (TPSA) is 50.4 Å². The van der Waals surface area contributed by atoms with Gasteiger partial charge >= 0.3 is 0 Å². The SMILES string of the molecule is CCC(C)Oc1ccc(C(=O)NC(=S)Nc2ccc(C)cc2)cc1. The minimum absolute atomic E-state index is 0.149. The molecule has 0 saturated heterocycles. The highest BCUT2D eigenvalue weighted by molar-refractivity contribution is 7.80. The van der Waals surface area contributed by atoms with Crippen LogP contribution >= 0.6 is 12.2 Å². The monoisotopic (exact) mass is 342 g/mol. The van der Waals surface area contributed by atoms with E-state index in [0.29, 0.717) is 5.56 Å². The molecule has 0 heterocycles. The Bertz CT molecular complexity index is 696. The summed E-state index contributed by atoms with van der Waals surface area (Å²) in [5.41, 5.74) is 2.53. The van der Waals surface area contributed by atoms with Crippen LogP contribution < -0.4 is 15.4 Å². The Balaban J connectivity index is 1.91. The maximum Gasteiger partial charge on any atom is 0.257 e. The first-order chi connectivity index (χ1) is 11.5. The molecule has 4 nitrogen and oxygen atoms in total. The molecule has 0 fully saturated rings. The third kappa shape index (κ3) is 5.35. The van der Waals surface area contributed by atoms with Gasteiger partial charge in [-0.2, -0.15) is 0 Å². The summed E-state index contributed by atoms with van der Waals surface area (Å²) >= 11 is 5.18. The van der Waals surface area contributed by atoms with E-state index in [4.69, 9.17) is 17.0 Å². The molecule has 0 aromatic heterocycles. The third-order valence-electron chi connectivity index (χ3n) is 3.57. The second-order valence-electron chi connectivity index (χ2n) is 5.64. The fraction of sp³-hybridized carbons (Fsp3) is 0.263. The first-order valence-corrected chi connectivity index (χ1v) is 8.34. The number of ether oxygens (including phenoxy) is 1. The highest BCUT2D eigenvalue weighted by Gasteiger charge is 2.09. The van der Waals surface area contributed by atoms with Gasteiger partial charge < -0.3 is 10.1 Å². The molecular formula is C19H22N2O2S. The summed E-state index contributed by atoms with van der Waals surface area (Å²) in [4.78, 5) is 12.2. The molecule has 0 aliphatic carbocycles. The van der Waals surface area contributed by atoms with Crippen LogP contribution in [0.4, 0.5) is 5.69 Å². The zero-order chi connectivity index (χ0) is 17.5. The minimum atomic E-state index is -0.255. The Labute approximate surface area is 148 Å². The van der Waals surface area contributed by atoms with E-state index >= 15 is 0 Å². The summed E-state index contributed by atoms with van der Waals surface area (Å²) in [6, 6.07) is 14.8. The van der Waals surface area contributed by atoms with Gasteiger partial charge in [-0.25, -0.2) is 0 Å². The van der Waals surface area contributed by atoms with Gasteiger partial charge in [0, 0.05) is 11.3 Å². The molecule has 1 atom stereocenters. The quantitative estimate of drug-likeness (QED) is 0.796. The van der Waals surface area contributed by atoms with E-state index in [1.807, 2.05) is 38.1 Å². The molecule has 0 aliphatic heterocycles. The number of amides is 1. The van der Waals surface area contributed by atoms with Gasteiger partial charge in [-0.3, -0.25) is 10.1 Å². The average molecular weight is 342 g/mol. The predicted molar refractivity (Wildman–Crippen MR) is 102 cm³/mol. The van der Waals surface area contributed by atoms with Crippen LogP contribution in [0.15, 0.2) is 48.5 Å². The molecule has 2 aromatic rings. The summed E-state index contributed by atoms with van der Waals surface area (Å²) in [6.07, 6.45) is 1.08. The highest BCUT2D eigenvalue weighted by atomic mass is 32.1. The van der Waals surface area contributed by atoms with Crippen molar-refractivity contribution in [2.24, 2.45) is 0 Å². The average Bonchev–Trinajstić information content (AvgIpc) is 2.57. The van der Waals surface area contributed by atoms with Crippen molar-refractivity contribution < 1.29 is 9.53 Å². The smallest absolute Gasteiger partial charge is 0.257 e. The molecule has 1 amide bonds. The molecule has 0 spiro atoms. The molecule has 0 radical (unpaired) electrons. The van der Waals surface area contributed by atoms with Crippen molar-refractivity contribution in [1.82, 2.24) is 5.32 Å². The number of hydrogen-bond acceptors (Lipinski definition) is 3. The van der Waals surface area contributed by atoms with Crippen LogP contribution in [0.5, 0.6) is 5.75 Å². The summed E-state index contributed by atoms with van der Waals surface area (Å²) in [5, 5.41) is 5.93. The van der Waals surface area contributed by atoms with E-state index in [0.717, 1.165) is 23.4 Å². The molecular weight excluding hydrogens is 320 g/mol. The van der Waals surface area contributed by atoms with Crippen LogP contribution in [0.25, 0.3) is 0 Å². The molecule has 1 unspecified atom stereocenters. The van der Waals surface area contributed by atoms with Gasteiger partial charge in [-0.05, 0) is 68.9 Å². The lowest BCUT2D eigenvalue weighted by atomic mass is 10.2. The van der Waals surface area contributed by atoms with Gasteiger partial charge in [0.05, 0.1) is 6.10 Å². The first kappa shape index (κ1) is 17.9. The van der Waals surface area contributed by atoms with Crippen molar-refractivity contribution in [3.8, 4) is 5.75 Å². The predicted octanol–water partition coefficient (Wildman–Crippen LogP) is 4.30. The van der Waals surface area contributed by atoms with Crippen LogP contribution in [0.2, 0.25) is 0 Å². The molecule has 2 aromatic carbocycles. The van der Waals surface area contributed by atoms with Crippen LogP contribution in [0.1, 0.15) is 36.2 Å². The maximum atomic E-state index is 12.2. The second-order valence-corrected chi connectivity index (χ2v) is 6.04. The van der Waals surface area contributed by atoms with Gasteiger partial charge in [0.25, 0.3) is 5.91 Å². The van der Waals surface area contributed by atoms with Gasteiger partial charge in [0.15, 0.2) is 5.11 Å². The van der Waals surface area contributed by atoms with Crippen molar-refractivity contribution in [3.05, 3.63) is 59.7 Å². The normalized spacial score (nSPS) is 11.5. The zero-order valence-electron chi connectivity index (χ0n) is 14.1. The third-order valence-corrected chi connectivity index (χ3v) is 3.77. The highest BCUT2D eigenvalue weighted by Crippen LogP contribution is 2.15. The van der Waals surface area contributed by atoms with Crippen molar-refractivity contribution in [3.63, 3.8) is 0 Å². The van der Waals surface area contributed by atoms with Crippen LogP contribution in [-0.4, -0.2) is 17.1 Å². The Hall–Kier alpha value is -2.40. The molecule has 126 valence electrons. The Morgan fingerprint density at radius 1 is 1.12 bits per heavy atom. The fourth-order valence-corrected chi connectivity index (χ4v) is 2.19. The molecule has 0 bridgehead atoms. The van der Waals surface area contributed by atoms with Gasteiger partial charge in [0.2, 0.25) is 0 Å². The molecule has 0 aliphatic rings. The maximum absolute atomic E-state index is 12.2. The van der Waals surface area contributed by atoms with E-state index in [1.165, 1.54) is 0 Å². The zero-order valence-corrected chi connectivity index (χ0v) is 14.9. The summed E-state index contributed by atoms with van der Waals surface area (Å²) < 4.78 is 5.70.